The lowest BCUT2D eigenvalue weighted by Crippen LogP contribution is -2.06. The van der Waals surface area contributed by atoms with E-state index in [4.69, 9.17) is 17.0 Å². The topological polar surface area (TPSA) is 29.9 Å². The van der Waals surface area contributed by atoms with E-state index in [0.717, 1.165) is 11.9 Å². The minimum Gasteiger partial charge on any atom is -0.379 e. The Morgan fingerprint density at radius 1 is 1.47 bits per heavy atom. The fourth-order valence-electron chi connectivity index (χ4n) is 1.80. The summed E-state index contributed by atoms with van der Waals surface area (Å²) in [4.78, 5) is 2.99. The minimum absolute atomic E-state index is 0.307. The van der Waals surface area contributed by atoms with Gasteiger partial charge < -0.3 is 14.3 Å². The average molecular weight is 345 g/mol. The highest BCUT2D eigenvalue weighted by atomic mass is 79.9. The van der Waals surface area contributed by atoms with Crippen molar-refractivity contribution >= 4 is 39.2 Å². The molecule has 102 valence electrons. The monoisotopic (exact) mass is 344 g/mol. The summed E-state index contributed by atoms with van der Waals surface area (Å²) in [7, 11) is 0. The Labute approximate surface area is 124 Å². The molecule has 0 bridgehead atoms. The van der Waals surface area contributed by atoms with Crippen LogP contribution in [0.25, 0.3) is 11.0 Å². The number of fused-ring (bicyclic) bond motifs is 1. The van der Waals surface area contributed by atoms with Crippen LogP contribution < -0.4 is 0 Å². The van der Waals surface area contributed by atoms with Gasteiger partial charge >= 0.3 is 0 Å². The SMILES string of the molecule is C=CCCOCCn1c(=S)[nH]c2cc(F)c(Br)cc21. The van der Waals surface area contributed by atoms with Gasteiger partial charge in [0.2, 0.25) is 0 Å². The number of ether oxygens (including phenoxy) is 1. The number of aromatic amines is 1. The summed E-state index contributed by atoms with van der Waals surface area (Å²) in [6, 6.07) is 3.16. The van der Waals surface area contributed by atoms with Crippen LogP contribution in [0.1, 0.15) is 6.42 Å². The zero-order chi connectivity index (χ0) is 13.8. The maximum Gasteiger partial charge on any atom is 0.178 e. The van der Waals surface area contributed by atoms with Gasteiger partial charge in [-0.1, -0.05) is 6.08 Å². The molecular weight excluding hydrogens is 331 g/mol. The molecule has 0 spiro atoms. The Morgan fingerprint density at radius 2 is 2.26 bits per heavy atom. The lowest BCUT2D eigenvalue weighted by atomic mass is 10.3. The van der Waals surface area contributed by atoms with Crippen LogP contribution in [0.4, 0.5) is 4.39 Å². The highest BCUT2D eigenvalue weighted by molar-refractivity contribution is 9.10. The van der Waals surface area contributed by atoms with Gasteiger partial charge in [0.25, 0.3) is 0 Å². The largest absolute Gasteiger partial charge is 0.379 e. The number of nitrogens with zero attached hydrogens (tertiary/aromatic N) is 1. The first-order valence-electron chi connectivity index (χ1n) is 5.89. The van der Waals surface area contributed by atoms with Gasteiger partial charge in [0.1, 0.15) is 5.82 Å². The van der Waals surface area contributed by atoms with E-state index in [1.165, 1.54) is 6.07 Å². The van der Waals surface area contributed by atoms with Gasteiger partial charge in [0.05, 0.1) is 28.7 Å². The van der Waals surface area contributed by atoms with Gasteiger partial charge in [-0.25, -0.2) is 4.39 Å². The van der Waals surface area contributed by atoms with Crippen LogP contribution >= 0.6 is 28.1 Å². The maximum absolute atomic E-state index is 13.4. The summed E-state index contributed by atoms with van der Waals surface area (Å²) in [5.74, 6) is -0.307. The van der Waals surface area contributed by atoms with Gasteiger partial charge in [-0.2, -0.15) is 0 Å². The third-order valence-corrected chi connectivity index (χ3v) is 3.67. The molecule has 0 unspecified atom stereocenters. The molecule has 0 saturated carbocycles. The van der Waals surface area contributed by atoms with E-state index in [9.17, 15) is 4.39 Å². The second kappa shape index (κ2) is 6.45. The zero-order valence-electron chi connectivity index (χ0n) is 10.3. The highest BCUT2D eigenvalue weighted by Gasteiger charge is 2.08. The van der Waals surface area contributed by atoms with Crippen molar-refractivity contribution in [1.29, 1.82) is 0 Å². The summed E-state index contributed by atoms with van der Waals surface area (Å²) in [5.41, 5.74) is 1.56. The van der Waals surface area contributed by atoms with Crippen LogP contribution in [0.5, 0.6) is 0 Å². The molecule has 3 nitrogen and oxygen atoms in total. The van der Waals surface area contributed by atoms with Crippen molar-refractivity contribution in [1.82, 2.24) is 9.55 Å². The first-order valence-corrected chi connectivity index (χ1v) is 7.10. The highest BCUT2D eigenvalue weighted by Crippen LogP contribution is 2.23. The molecule has 19 heavy (non-hydrogen) atoms. The fraction of sp³-hybridized carbons (Fsp3) is 0.308. The Balaban J connectivity index is 2.18. The smallest absolute Gasteiger partial charge is 0.178 e. The molecule has 1 aromatic carbocycles. The number of H-pyrrole nitrogens is 1. The van der Waals surface area contributed by atoms with Crippen LogP contribution in [0.2, 0.25) is 0 Å². The standard InChI is InChI=1S/C13H14BrFN2OS/c1-2-3-5-18-6-4-17-12-7-9(14)10(15)8-11(12)16-13(17)19/h2,7-8H,1,3-6H2,(H,16,19). The van der Waals surface area contributed by atoms with Crippen molar-refractivity contribution in [2.45, 2.75) is 13.0 Å². The van der Waals surface area contributed by atoms with Gasteiger partial charge in [-0.15, -0.1) is 6.58 Å². The van der Waals surface area contributed by atoms with Crippen LogP contribution in [-0.2, 0) is 11.3 Å². The van der Waals surface area contributed by atoms with E-state index in [-0.39, 0.29) is 5.82 Å². The molecule has 0 amide bonds. The molecule has 1 N–H and O–H groups in total. The van der Waals surface area contributed by atoms with Crippen LogP contribution in [0.3, 0.4) is 0 Å². The zero-order valence-corrected chi connectivity index (χ0v) is 12.7. The fourth-order valence-corrected chi connectivity index (χ4v) is 2.43. The van der Waals surface area contributed by atoms with Crippen LogP contribution in [-0.4, -0.2) is 22.8 Å². The van der Waals surface area contributed by atoms with Crippen molar-refractivity contribution in [3.8, 4) is 0 Å². The second-order valence-electron chi connectivity index (χ2n) is 4.05. The molecule has 0 aliphatic heterocycles. The Hall–Kier alpha value is -0.980. The van der Waals surface area contributed by atoms with Crippen LogP contribution in [0.15, 0.2) is 29.3 Å². The summed E-state index contributed by atoms with van der Waals surface area (Å²) in [6.45, 7) is 5.48. The van der Waals surface area contributed by atoms with Gasteiger partial charge in [0, 0.05) is 12.6 Å². The molecule has 2 rings (SSSR count). The summed E-state index contributed by atoms with van der Waals surface area (Å²) in [6.07, 6.45) is 2.65. The average Bonchev–Trinajstić information content (AvgIpc) is 2.66. The number of imidazole rings is 1. The predicted molar refractivity (Wildman–Crippen MR) is 80.4 cm³/mol. The Bertz CT molecular complexity index is 650. The number of hydrogen-bond acceptors (Lipinski definition) is 2. The normalized spacial score (nSPS) is 11.1. The first kappa shape index (κ1) is 14.4. The summed E-state index contributed by atoms with van der Waals surface area (Å²) >= 11 is 8.42. The predicted octanol–water partition coefficient (Wildman–Crippen LogP) is 4.19. The quantitative estimate of drug-likeness (QED) is 0.483. The van der Waals surface area contributed by atoms with Gasteiger partial charge in [-0.3, -0.25) is 0 Å². The number of hydrogen-bond donors (Lipinski definition) is 1. The molecule has 1 heterocycles. The number of halogens is 2. The van der Waals surface area contributed by atoms with Gasteiger partial charge in [0.15, 0.2) is 4.77 Å². The van der Waals surface area contributed by atoms with E-state index in [2.05, 4.69) is 27.5 Å². The molecular formula is C13H14BrFN2OS. The molecule has 0 aliphatic carbocycles. The second-order valence-corrected chi connectivity index (χ2v) is 5.30. The van der Waals surface area contributed by atoms with Crippen molar-refractivity contribution in [3.63, 3.8) is 0 Å². The molecule has 0 radical (unpaired) electrons. The first-order chi connectivity index (χ1) is 9.13. The van der Waals surface area contributed by atoms with Crippen molar-refractivity contribution < 1.29 is 9.13 Å². The van der Waals surface area contributed by atoms with Crippen molar-refractivity contribution in [2.75, 3.05) is 13.2 Å². The molecule has 0 atom stereocenters. The molecule has 1 aromatic heterocycles. The number of benzene rings is 1. The lowest BCUT2D eigenvalue weighted by Gasteiger charge is -2.06. The summed E-state index contributed by atoms with van der Waals surface area (Å²) in [5, 5.41) is 0. The Morgan fingerprint density at radius 3 is 3.00 bits per heavy atom. The van der Waals surface area contributed by atoms with E-state index in [0.29, 0.717) is 34.5 Å². The molecule has 0 fully saturated rings. The number of nitrogens with one attached hydrogen (secondary N) is 1. The summed E-state index contributed by atoms with van der Waals surface area (Å²) < 4.78 is 21.8. The minimum atomic E-state index is -0.307. The molecule has 2 aromatic rings. The molecule has 0 saturated heterocycles. The molecule has 6 heteroatoms. The van der Waals surface area contributed by atoms with Crippen LogP contribution in [0, 0.1) is 10.6 Å². The number of aromatic nitrogens is 2. The van der Waals surface area contributed by atoms with Crippen molar-refractivity contribution in [2.24, 2.45) is 0 Å². The third-order valence-electron chi connectivity index (χ3n) is 2.74. The van der Waals surface area contributed by atoms with E-state index < -0.39 is 0 Å². The van der Waals surface area contributed by atoms with Crippen molar-refractivity contribution in [3.05, 3.63) is 39.8 Å². The molecule has 0 aliphatic rings. The maximum atomic E-state index is 13.4. The van der Waals surface area contributed by atoms with E-state index in [1.807, 2.05) is 10.6 Å². The third kappa shape index (κ3) is 3.32. The number of rotatable bonds is 6. The van der Waals surface area contributed by atoms with E-state index >= 15 is 0 Å². The van der Waals surface area contributed by atoms with E-state index in [1.54, 1.807) is 6.07 Å². The Kier molecular flexibility index (Phi) is 4.90. The van der Waals surface area contributed by atoms with Gasteiger partial charge in [-0.05, 0) is 40.6 Å². The lowest BCUT2D eigenvalue weighted by molar-refractivity contribution is 0.131.